The standard InChI is InChI=1S/C11H17BrN2O2S2/c1-8(5-6-17-2)14-18(15,16)11-7-9(13)3-4-10(11)12/h3-4,7-8,14H,5-6,13H2,1-2H3. The zero-order chi connectivity index (χ0) is 13.8. The molecule has 0 saturated heterocycles. The molecular formula is C11H17BrN2O2S2. The van der Waals surface area contributed by atoms with Gasteiger partial charge in [0.15, 0.2) is 0 Å². The van der Waals surface area contributed by atoms with Crippen LogP contribution in [0.1, 0.15) is 13.3 Å². The molecule has 0 heterocycles. The molecule has 0 aromatic heterocycles. The molecule has 1 unspecified atom stereocenters. The van der Waals surface area contributed by atoms with Gasteiger partial charge in [-0.05, 0) is 59.5 Å². The zero-order valence-electron chi connectivity index (χ0n) is 10.3. The molecule has 0 radical (unpaired) electrons. The first-order valence-corrected chi connectivity index (χ1v) is 9.10. The van der Waals surface area contributed by atoms with E-state index in [4.69, 9.17) is 5.73 Å². The van der Waals surface area contributed by atoms with Crippen molar-refractivity contribution in [2.45, 2.75) is 24.3 Å². The van der Waals surface area contributed by atoms with Crippen molar-refractivity contribution in [3.8, 4) is 0 Å². The van der Waals surface area contributed by atoms with Gasteiger partial charge in [-0.2, -0.15) is 11.8 Å². The summed E-state index contributed by atoms with van der Waals surface area (Å²) in [6.07, 6.45) is 2.79. The molecule has 7 heteroatoms. The van der Waals surface area contributed by atoms with E-state index >= 15 is 0 Å². The number of thioether (sulfide) groups is 1. The first-order valence-electron chi connectivity index (χ1n) is 5.43. The number of benzene rings is 1. The van der Waals surface area contributed by atoms with Crippen LogP contribution in [0, 0.1) is 0 Å². The third-order valence-electron chi connectivity index (χ3n) is 2.36. The number of hydrogen-bond donors (Lipinski definition) is 2. The van der Waals surface area contributed by atoms with E-state index in [9.17, 15) is 8.42 Å². The van der Waals surface area contributed by atoms with Crippen molar-refractivity contribution in [1.29, 1.82) is 0 Å². The first kappa shape index (κ1) is 15.8. The molecule has 1 rings (SSSR count). The van der Waals surface area contributed by atoms with Crippen molar-refractivity contribution in [3.05, 3.63) is 22.7 Å². The number of halogens is 1. The molecule has 0 aliphatic heterocycles. The Morgan fingerprint density at radius 2 is 2.17 bits per heavy atom. The third-order valence-corrected chi connectivity index (χ3v) is 5.58. The van der Waals surface area contributed by atoms with Crippen LogP contribution >= 0.6 is 27.7 Å². The van der Waals surface area contributed by atoms with Gasteiger partial charge in [-0.25, -0.2) is 13.1 Å². The van der Waals surface area contributed by atoms with Gasteiger partial charge in [0.2, 0.25) is 10.0 Å². The van der Waals surface area contributed by atoms with Crippen LogP contribution < -0.4 is 10.5 Å². The predicted molar refractivity (Wildman–Crippen MR) is 81.3 cm³/mol. The largest absolute Gasteiger partial charge is 0.399 e. The molecule has 0 amide bonds. The second-order valence-corrected chi connectivity index (χ2v) is 7.52. The van der Waals surface area contributed by atoms with Crippen molar-refractivity contribution < 1.29 is 8.42 Å². The van der Waals surface area contributed by atoms with E-state index < -0.39 is 10.0 Å². The van der Waals surface area contributed by atoms with Crippen LogP contribution in [0.4, 0.5) is 5.69 Å². The molecular weight excluding hydrogens is 336 g/mol. The lowest BCUT2D eigenvalue weighted by Gasteiger charge is -2.14. The quantitative estimate of drug-likeness (QED) is 0.771. The van der Waals surface area contributed by atoms with Crippen molar-refractivity contribution >= 4 is 43.4 Å². The second-order valence-electron chi connectivity index (χ2n) is 3.99. The van der Waals surface area contributed by atoms with Gasteiger partial charge in [-0.15, -0.1) is 0 Å². The number of nitrogens with two attached hydrogens (primary N) is 1. The molecule has 4 nitrogen and oxygen atoms in total. The van der Waals surface area contributed by atoms with Crippen LogP contribution in [0.5, 0.6) is 0 Å². The van der Waals surface area contributed by atoms with E-state index in [2.05, 4.69) is 20.7 Å². The fourth-order valence-electron chi connectivity index (χ4n) is 1.41. The number of nitrogens with one attached hydrogen (secondary N) is 1. The fourth-order valence-corrected chi connectivity index (χ4v) is 4.27. The smallest absolute Gasteiger partial charge is 0.242 e. The lowest BCUT2D eigenvalue weighted by atomic mass is 10.3. The Bertz CT molecular complexity index is 506. The van der Waals surface area contributed by atoms with Gasteiger partial charge in [-0.3, -0.25) is 0 Å². The Kier molecular flexibility index (Phi) is 5.97. The molecule has 1 atom stereocenters. The highest BCUT2D eigenvalue weighted by molar-refractivity contribution is 9.10. The molecule has 1 aromatic carbocycles. The maximum absolute atomic E-state index is 12.2. The first-order chi connectivity index (χ1) is 8.36. The van der Waals surface area contributed by atoms with E-state index in [0.29, 0.717) is 10.2 Å². The van der Waals surface area contributed by atoms with E-state index in [1.165, 1.54) is 6.07 Å². The molecule has 0 aliphatic carbocycles. The summed E-state index contributed by atoms with van der Waals surface area (Å²) < 4.78 is 27.5. The summed E-state index contributed by atoms with van der Waals surface area (Å²) in [6.45, 7) is 1.86. The highest BCUT2D eigenvalue weighted by atomic mass is 79.9. The predicted octanol–water partition coefficient (Wildman–Crippen LogP) is 2.45. The third kappa shape index (κ3) is 4.46. The molecule has 1 aromatic rings. The lowest BCUT2D eigenvalue weighted by molar-refractivity contribution is 0.556. The summed E-state index contributed by atoms with van der Waals surface area (Å²) in [5.74, 6) is 0.918. The van der Waals surface area contributed by atoms with Crippen LogP contribution in [-0.4, -0.2) is 26.5 Å². The average Bonchev–Trinajstić information content (AvgIpc) is 2.29. The number of sulfonamides is 1. The normalized spacial score (nSPS) is 13.5. The minimum absolute atomic E-state index is 0.101. The van der Waals surface area contributed by atoms with Crippen LogP contribution in [0.2, 0.25) is 0 Å². The van der Waals surface area contributed by atoms with E-state index in [-0.39, 0.29) is 10.9 Å². The molecule has 0 aliphatic rings. The van der Waals surface area contributed by atoms with Crippen molar-refractivity contribution in [2.75, 3.05) is 17.7 Å². The van der Waals surface area contributed by atoms with E-state index in [0.717, 1.165) is 12.2 Å². The Hall–Kier alpha value is -0.240. The Balaban J connectivity index is 2.89. The number of nitrogen functional groups attached to an aromatic ring is 1. The maximum Gasteiger partial charge on any atom is 0.242 e. The summed E-state index contributed by atoms with van der Waals surface area (Å²) >= 11 is 4.92. The number of hydrogen-bond acceptors (Lipinski definition) is 4. The van der Waals surface area contributed by atoms with Gasteiger partial charge in [-0.1, -0.05) is 0 Å². The molecule has 3 N–H and O–H groups in total. The summed E-state index contributed by atoms with van der Waals surface area (Å²) in [6, 6.07) is 4.64. The monoisotopic (exact) mass is 352 g/mol. The average molecular weight is 353 g/mol. The Morgan fingerprint density at radius 3 is 2.78 bits per heavy atom. The second kappa shape index (κ2) is 6.79. The van der Waals surface area contributed by atoms with Gasteiger partial charge >= 0.3 is 0 Å². The summed E-state index contributed by atoms with van der Waals surface area (Å²) in [5.41, 5.74) is 6.05. The van der Waals surface area contributed by atoms with Gasteiger partial charge < -0.3 is 5.73 Å². The molecule has 0 saturated carbocycles. The van der Waals surface area contributed by atoms with Gasteiger partial charge in [0.05, 0.1) is 4.90 Å². The summed E-state index contributed by atoms with van der Waals surface area (Å²) in [4.78, 5) is 0.179. The Labute approximate surface area is 121 Å². The molecule has 0 spiro atoms. The Morgan fingerprint density at radius 1 is 1.50 bits per heavy atom. The number of rotatable bonds is 6. The van der Waals surface area contributed by atoms with Gasteiger partial charge in [0, 0.05) is 16.2 Å². The molecule has 0 fully saturated rings. The minimum Gasteiger partial charge on any atom is -0.399 e. The van der Waals surface area contributed by atoms with Crippen LogP contribution in [0.15, 0.2) is 27.6 Å². The highest BCUT2D eigenvalue weighted by Crippen LogP contribution is 2.24. The summed E-state index contributed by atoms with van der Waals surface area (Å²) in [5, 5.41) is 0. The highest BCUT2D eigenvalue weighted by Gasteiger charge is 2.20. The molecule has 18 heavy (non-hydrogen) atoms. The van der Waals surface area contributed by atoms with Crippen molar-refractivity contribution in [1.82, 2.24) is 4.72 Å². The van der Waals surface area contributed by atoms with Crippen LogP contribution in [0.3, 0.4) is 0 Å². The van der Waals surface area contributed by atoms with Gasteiger partial charge in [0.25, 0.3) is 0 Å². The summed E-state index contributed by atoms with van der Waals surface area (Å²) in [7, 11) is -3.53. The SMILES string of the molecule is CSCCC(C)NS(=O)(=O)c1cc(N)ccc1Br. The fraction of sp³-hybridized carbons (Fsp3) is 0.455. The van der Waals surface area contributed by atoms with Crippen LogP contribution in [0.25, 0.3) is 0 Å². The van der Waals surface area contributed by atoms with Crippen LogP contribution in [-0.2, 0) is 10.0 Å². The van der Waals surface area contributed by atoms with E-state index in [1.807, 2.05) is 13.2 Å². The maximum atomic E-state index is 12.2. The zero-order valence-corrected chi connectivity index (χ0v) is 13.5. The lowest BCUT2D eigenvalue weighted by Crippen LogP contribution is -2.33. The molecule has 0 bridgehead atoms. The van der Waals surface area contributed by atoms with Crippen molar-refractivity contribution in [2.24, 2.45) is 0 Å². The van der Waals surface area contributed by atoms with Crippen molar-refractivity contribution in [3.63, 3.8) is 0 Å². The number of anilines is 1. The van der Waals surface area contributed by atoms with E-state index in [1.54, 1.807) is 23.9 Å². The molecule has 102 valence electrons. The minimum atomic E-state index is -3.53. The van der Waals surface area contributed by atoms with Gasteiger partial charge in [0.1, 0.15) is 0 Å². The topological polar surface area (TPSA) is 72.2 Å².